The Morgan fingerprint density at radius 3 is 2.80 bits per heavy atom. The Hall–Kier alpha value is -2.34. The summed E-state index contributed by atoms with van der Waals surface area (Å²) in [4.78, 5) is 25.6. The quantitative estimate of drug-likeness (QED) is 0.892. The van der Waals surface area contributed by atoms with Crippen molar-refractivity contribution < 1.29 is 14.7 Å². The fraction of sp³-hybridized carbons (Fsp3) is 0.474. The Labute approximate surface area is 146 Å². The van der Waals surface area contributed by atoms with E-state index in [1.807, 2.05) is 7.05 Å². The number of amides is 1. The largest absolute Gasteiger partial charge is 0.481 e. The summed E-state index contributed by atoms with van der Waals surface area (Å²) < 4.78 is 2.11. The molecule has 1 aromatic carbocycles. The summed E-state index contributed by atoms with van der Waals surface area (Å²) in [6.45, 7) is 2.46. The Kier molecular flexibility index (Phi) is 3.80. The number of piperidine rings is 1. The van der Waals surface area contributed by atoms with Crippen LogP contribution in [0, 0.1) is 5.92 Å². The molecule has 0 bridgehead atoms. The average molecular weight is 341 g/mol. The molecule has 2 aromatic rings. The van der Waals surface area contributed by atoms with Gasteiger partial charge >= 0.3 is 5.97 Å². The van der Waals surface area contributed by atoms with Gasteiger partial charge in [-0.3, -0.25) is 14.5 Å². The van der Waals surface area contributed by atoms with Crippen LogP contribution in [0.25, 0.3) is 10.9 Å². The number of carboxylic acid groups (broad SMARTS) is 1. The van der Waals surface area contributed by atoms with Gasteiger partial charge in [-0.15, -0.1) is 0 Å². The molecule has 1 amide bonds. The number of rotatable bonds is 3. The molecule has 2 aliphatic rings. The lowest BCUT2D eigenvalue weighted by Gasteiger charge is -2.41. The molecule has 25 heavy (non-hydrogen) atoms. The smallest absolute Gasteiger partial charge is 0.309 e. The molecule has 1 aromatic heterocycles. The summed E-state index contributed by atoms with van der Waals surface area (Å²) in [7, 11) is 2.04. The minimum atomic E-state index is -0.860. The first kappa shape index (κ1) is 16.1. The van der Waals surface area contributed by atoms with Crippen molar-refractivity contribution in [2.45, 2.75) is 31.3 Å². The fourth-order valence-corrected chi connectivity index (χ4v) is 4.39. The highest BCUT2D eigenvalue weighted by Crippen LogP contribution is 2.37. The number of nitrogens with zero attached hydrogens (tertiary/aromatic N) is 2. The van der Waals surface area contributed by atoms with Gasteiger partial charge in [0.15, 0.2) is 0 Å². The SMILES string of the molecule is Cn1ccc2cc(CN3CCC4(CC3)NC(=O)C[C@H]4C(=O)O)ccc21. The number of likely N-dealkylation sites (tertiary alicyclic amines) is 1. The predicted octanol–water partition coefficient (Wildman–Crippen LogP) is 1.73. The standard InChI is InChI=1S/C19H23N3O3/c1-21-7-4-14-10-13(2-3-16(14)21)12-22-8-5-19(6-9-22)15(18(24)25)11-17(23)20-19/h2-4,7,10,15H,5-6,8-9,11-12H2,1H3,(H,20,23)(H,24,25)/t15-/m0/s1. The second-order valence-corrected chi connectivity index (χ2v) is 7.40. The molecule has 132 valence electrons. The van der Waals surface area contributed by atoms with Gasteiger partial charge in [0.1, 0.15) is 0 Å². The number of aromatic nitrogens is 1. The number of benzene rings is 1. The van der Waals surface area contributed by atoms with Gasteiger partial charge in [0.05, 0.1) is 11.5 Å². The molecule has 2 N–H and O–H groups in total. The average Bonchev–Trinajstić information content (AvgIpc) is 3.10. The number of hydrogen-bond acceptors (Lipinski definition) is 3. The zero-order chi connectivity index (χ0) is 17.6. The third-order valence-corrected chi connectivity index (χ3v) is 5.85. The molecule has 2 fully saturated rings. The zero-order valence-electron chi connectivity index (χ0n) is 14.4. The van der Waals surface area contributed by atoms with Crippen molar-refractivity contribution in [2.75, 3.05) is 13.1 Å². The summed E-state index contributed by atoms with van der Waals surface area (Å²) in [5.41, 5.74) is 1.93. The molecular formula is C19H23N3O3. The van der Waals surface area contributed by atoms with E-state index >= 15 is 0 Å². The zero-order valence-corrected chi connectivity index (χ0v) is 14.4. The third kappa shape index (κ3) is 2.80. The normalized spacial score (nSPS) is 23.2. The monoisotopic (exact) mass is 341 g/mol. The molecule has 2 aliphatic heterocycles. The number of carbonyl (C=O) groups is 2. The second-order valence-electron chi connectivity index (χ2n) is 7.40. The number of nitrogens with one attached hydrogen (secondary N) is 1. The van der Waals surface area contributed by atoms with Crippen LogP contribution in [0.15, 0.2) is 30.5 Å². The van der Waals surface area contributed by atoms with Crippen LogP contribution in [-0.2, 0) is 23.2 Å². The van der Waals surface area contributed by atoms with E-state index in [0.717, 1.165) is 19.6 Å². The van der Waals surface area contributed by atoms with Crippen molar-refractivity contribution in [1.29, 1.82) is 0 Å². The van der Waals surface area contributed by atoms with Crippen molar-refractivity contribution >= 4 is 22.8 Å². The lowest BCUT2D eigenvalue weighted by atomic mass is 9.77. The molecule has 6 heteroatoms. The van der Waals surface area contributed by atoms with E-state index in [4.69, 9.17) is 0 Å². The Morgan fingerprint density at radius 2 is 2.08 bits per heavy atom. The number of fused-ring (bicyclic) bond motifs is 1. The Balaban J connectivity index is 1.44. The number of hydrogen-bond donors (Lipinski definition) is 2. The van der Waals surface area contributed by atoms with Gasteiger partial charge < -0.3 is 15.0 Å². The van der Waals surface area contributed by atoms with E-state index in [-0.39, 0.29) is 12.3 Å². The van der Waals surface area contributed by atoms with Crippen molar-refractivity contribution in [3.05, 3.63) is 36.0 Å². The molecule has 2 saturated heterocycles. The van der Waals surface area contributed by atoms with Crippen LogP contribution in [0.1, 0.15) is 24.8 Å². The molecule has 4 rings (SSSR count). The minimum Gasteiger partial charge on any atom is -0.481 e. The van der Waals surface area contributed by atoms with Crippen molar-refractivity contribution in [1.82, 2.24) is 14.8 Å². The summed E-state index contributed by atoms with van der Waals surface area (Å²) in [5.74, 6) is -1.58. The van der Waals surface area contributed by atoms with Crippen LogP contribution in [0.3, 0.4) is 0 Å². The van der Waals surface area contributed by atoms with Gasteiger partial charge in [-0.25, -0.2) is 0 Å². The minimum absolute atomic E-state index is 0.111. The van der Waals surface area contributed by atoms with Gasteiger partial charge in [-0.05, 0) is 42.0 Å². The predicted molar refractivity (Wildman–Crippen MR) is 94.0 cm³/mol. The summed E-state index contributed by atoms with van der Waals surface area (Å²) in [6, 6.07) is 8.64. The van der Waals surface area contributed by atoms with Gasteiger partial charge in [0, 0.05) is 44.8 Å². The maximum Gasteiger partial charge on any atom is 0.309 e. The van der Waals surface area contributed by atoms with E-state index in [0.29, 0.717) is 12.8 Å². The lowest BCUT2D eigenvalue weighted by molar-refractivity contribution is -0.144. The van der Waals surface area contributed by atoms with E-state index < -0.39 is 17.4 Å². The van der Waals surface area contributed by atoms with E-state index in [9.17, 15) is 14.7 Å². The van der Waals surface area contributed by atoms with E-state index in [1.165, 1.54) is 16.5 Å². The van der Waals surface area contributed by atoms with E-state index in [1.54, 1.807) is 0 Å². The van der Waals surface area contributed by atoms with Crippen LogP contribution in [0.5, 0.6) is 0 Å². The van der Waals surface area contributed by atoms with Crippen LogP contribution in [0.4, 0.5) is 0 Å². The topological polar surface area (TPSA) is 74.6 Å². The molecular weight excluding hydrogens is 318 g/mol. The first-order valence-electron chi connectivity index (χ1n) is 8.77. The first-order chi connectivity index (χ1) is 12.0. The summed E-state index contributed by atoms with van der Waals surface area (Å²) in [5, 5.41) is 13.6. The highest BCUT2D eigenvalue weighted by Gasteiger charge is 2.51. The fourth-order valence-electron chi connectivity index (χ4n) is 4.39. The Bertz CT molecular complexity index is 834. The molecule has 1 atom stereocenters. The molecule has 0 radical (unpaired) electrons. The van der Waals surface area contributed by atoms with Crippen LogP contribution in [-0.4, -0.2) is 45.1 Å². The molecule has 0 unspecified atom stereocenters. The second kappa shape index (κ2) is 5.88. The van der Waals surface area contributed by atoms with Gasteiger partial charge in [0.2, 0.25) is 5.91 Å². The number of aryl methyl sites for hydroxylation is 1. The van der Waals surface area contributed by atoms with Crippen molar-refractivity contribution in [3.8, 4) is 0 Å². The summed E-state index contributed by atoms with van der Waals surface area (Å²) in [6.07, 6.45) is 3.57. The highest BCUT2D eigenvalue weighted by molar-refractivity contribution is 5.88. The molecule has 6 nitrogen and oxygen atoms in total. The molecule has 0 aliphatic carbocycles. The highest BCUT2D eigenvalue weighted by atomic mass is 16.4. The van der Waals surface area contributed by atoms with Gasteiger partial charge in [-0.2, -0.15) is 0 Å². The Morgan fingerprint density at radius 1 is 1.32 bits per heavy atom. The number of carbonyl (C=O) groups excluding carboxylic acids is 1. The van der Waals surface area contributed by atoms with Crippen LogP contribution in [0.2, 0.25) is 0 Å². The number of aliphatic carboxylic acids is 1. The van der Waals surface area contributed by atoms with Crippen LogP contribution < -0.4 is 5.32 Å². The van der Waals surface area contributed by atoms with E-state index in [2.05, 4.69) is 45.2 Å². The van der Waals surface area contributed by atoms with Crippen LogP contribution >= 0.6 is 0 Å². The maximum atomic E-state index is 11.7. The molecule has 1 spiro atoms. The summed E-state index contributed by atoms with van der Waals surface area (Å²) >= 11 is 0. The lowest BCUT2D eigenvalue weighted by Crippen LogP contribution is -2.55. The molecule has 0 saturated carbocycles. The first-order valence-corrected chi connectivity index (χ1v) is 8.77. The van der Waals surface area contributed by atoms with Gasteiger partial charge in [-0.1, -0.05) is 6.07 Å². The maximum absolute atomic E-state index is 11.7. The van der Waals surface area contributed by atoms with Crippen molar-refractivity contribution in [3.63, 3.8) is 0 Å². The van der Waals surface area contributed by atoms with Gasteiger partial charge in [0.25, 0.3) is 0 Å². The number of carboxylic acids is 1. The molecule has 3 heterocycles. The van der Waals surface area contributed by atoms with Crippen molar-refractivity contribution in [2.24, 2.45) is 13.0 Å². The third-order valence-electron chi connectivity index (χ3n) is 5.85.